The van der Waals surface area contributed by atoms with Crippen molar-refractivity contribution in [2.45, 2.75) is 18.9 Å². The molecule has 0 aromatic heterocycles. The number of nitrogens with one attached hydrogen (secondary N) is 1. The molecule has 1 amide bonds. The highest BCUT2D eigenvalue weighted by Crippen LogP contribution is 2.20. The quantitative estimate of drug-likeness (QED) is 0.838. The van der Waals surface area contributed by atoms with E-state index in [-0.39, 0.29) is 24.0 Å². The minimum Gasteiger partial charge on any atom is -0.381 e. The van der Waals surface area contributed by atoms with Crippen molar-refractivity contribution >= 4 is 24.0 Å². The zero-order valence-corrected chi connectivity index (χ0v) is 11.9. The van der Waals surface area contributed by atoms with Crippen LogP contribution in [0, 0.1) is 23.4 Å². The van der Waals surface area contributed by atoms with Gasteiger partial charge in [-0.15, -0.1) is 12.4 Å². The van der Waals surface area contributed by atoms with Crippen LogP contribution in [0.15, 0.2) is 12.1 Å². The molecular weight excluding hydrogens is 309 g/mol. The summed E-state index contributed by atoms with van der Waals surface area (Å²) < 4.78 is 44.0. The van der Waals surface area contributed by atoms with E-state index < -0.39 is 29.4 Å². The normalized spacial score (nSPS) is 17.0. The average molecular weight is 325 g/mol. The van der Waals surface area contributed by atoms with Crippen LogP contribution in [0.5, 0.6) is 0 Å². The fourth-order valence-corrected chi connectivity index (χ4v) is 2.14. The Kier molecular flexibility index (Phi) is 6.44. The number of anilines is 1. The lowest BCUT2D eigenvalue weighted by Gasteiger charge is -2.26. The summed E-state index contributed by atoms with van der Waals surface area (Å²) in [5.41, 5.74) is 5.66. The van der Waals surface area contributed by atoms with Crippen molar-refractivity contribution in [3.63, 3.8) is 0 Å². The van der Waals surface area contributed by atoms with Gasteiger partial charge in [0, 0.05) is 31.0 Å². The molecule has 3 N–H and O–H groups in total. The van der Waals surface area contributed by atoms with Gasteiger partial charge in [-0.3, -0.25) is 4.79 Å². The molecule has 1 fully saturated rings. The number of hydrogen-bond donors (Lipinski definition) is 2. The van der Waals surface area contributed by atoms with E-state index in [9.17, 15) is 18.0 Å². The molecule has 1 aliphatic heterocycles. The summed E-state index contributed by atoms with van der Waals surface area (Å²) in [5, 5.41) is 2.30. The molecule has 0 spiro atoms. The summed E-state index contributed by atoms with van der Waals surface area (Å²) in [6.07, 6.45) is 1.31. The Balaban J connectivity index is 0.00000220. The van der Waals surface area contributed by atoms with Gasteiger partial charge >= 0.3 is 0 Å². The second kappa shape index (κ2) is 7.63. The number of benzene rings is 1. The number of nitrogens with two attached hydrogens (primary N) is 1. The van der Waals surface area contributed by atoms with Crippen molar-refractivity contribution in [3.8, 4) is 0 Å². The maximum Gasteiger partial charge on any atom is 0.241 e. The minimum atomic E-state index is -1.57. The molecular formula is C13H16ClF3N2O2. The topological polar surface area (TPSA) is 64.4 Å². The molecule has 1 aliphatic rings. The Morgan fingerprint density at radius 3 is 2.29 bits per heavy atom. The third-order valence-corrected chi connectivity index (χ3v) is 3.33. The van der Waals surface area contributed by atoms with Crippen LogP contribution in [0.25, 0.3) is 0 Å². The van der Waals surface area contributed by atoms with Gasteiger partial charge in [-0.25, -0.2) is 13.2 Å². The molecule has 2 rings (SSSR count). The zero-order valence-electron chi connectivity index (χ0n) is 11.1. The molecule has 1 aromatic carbocycles. The summed E-state index contributed by atoms with van der Waals surface area (Å²) in [5.74, 6) is -4.89. The van der Waals surface area contributed by atoms with E-state index in [1.165, 1.54) is 0 Å². The lowest BCUT2D eigenvalue weighted by Crippen LogP contribution is -2.44. The molecule has 8 heteroatoms. The van der Waals surface area contributed by atoms with Gasteiger partial charge in [-0.1, -0.05) is 0 Å². The van der Waals surface area contributed by atoms with Crippen molar-refractivity contribution in [2.75, 3.05) is 18.5 Å². The van der Waals surface area contributed by atoms with E-state index in [0.717, 1.165) is 0 Å². The van der Waals surface area contributed by atoms with E-state index in [1.807, 2.05) is 0 Å². The highest BCUT2D eigenvalue weighted by molar-refractivity contribution is 5.94. The molecule has 1 aromatic rings. The molecule has 1 unspecified atom stereocenters. The molecule has 0 bridgehead atoms. The van der Waals surface area contributed by atoms with Gasteiger partial charge < -0.3 is 15.8 Å². The minimum absolute atomic E-state index is 0. The molecule has 1 atom stereocenters. The molecule has 1 heterocycles. The molecule has 0 aliphatic carbocycles. The van der Waals surface area contributed by atoms with E-state index >= 15 is 0 Å². The number of rotatable bonds is 3. The highest BCUT2D eigenvalue weighted by Gasteiger charge is 2.27. The molecule has 118 valence electrons. The standard InChI is InChI=1S/C13H15F3N2O2.ClH/c14-9-5-8(6-10(15)11(9)16)18-13(19)12(17)7-1-3-20-4-2-7;/h5-7,12H,1-4,17H2,(H,18,19);1H. The fraction of sp³-hybridized carbons (Fsp3) is 0.462. The van der Waals surface area contributed by atoms with Crippen molar-refractivity contribution in [3.05, 3.63) is 29.6 Å². The zero-order chi connectivity index (χ0) is 14.7. The van der Waals surface area contributed by atoms with Gasteiger partial charge in [-0.05, 0) is 18.8 Å². The number of carbonyl (C=O) groups excluding carboxylic acids is 1. The first kappa shape index (κ1) is 17.7. The number of hydrogen-bond acceptors (Lipinski definition) is 3. The van der Waals surface area contributed by atoms with Crippen molar-refractivity contribution < 1.29 is 22.7 Å². The monoisotopic (exact) mass is 324 g/mol. The van der Waals surface area contributed by atoms with Gasteiger partial charge in [0.25, 0.3) is 0 Å². The van der Waals surface area contributed by atoms with Gasteiger partial charge in [-0.2, -0.15) is 0 Å². The van der Waals surface area contributed by atoms with Crippen molar-refractivity contribution in [2.24, 2.45) is 11.7 Å². The number of carbonyl (C=O) groups is 1. The van der Waals surface area contributed by atoms with Crippen LogP contribution in [0.4, 0.5) is 18.9 Å². The molecule has 1 saturated heterocycles. The maximum atomic E-state index is 13.0. The van der Waals surface area contributed by atoms with Crippen LogP contribution < -0.4 is 11.1 Å². The van der Waals surface area contributed by atoms with E-state index in [2.05, 4.69) is 5.32 Å². The number of ether oxygens (including phenoxy) is 1. The maximum absolute atomic E-state index is 13.0. The third kappa shape index (κ3) is 4.33. The predicted molar refractivity (Wildman–Crippen MR) is 73.7 cm³/mol. The predicted octanol–water partition coefficient (Wildman–Crippen LogP) is 2.22. The first-order valence-electron chi connectivity index (χ1n) is 6.27. The summed E-state index contributed by atoms with van der Waals surface area (Å²) in [6, 6.07) is 0.634. The van der Waals surface area contributed by atoms with Gasteiger partial charge in [0.05, 0.1) is 6.04 Å². The summed E-state index contributed by atoms with van der Waals surface area (Å²) in [6.45, 7) is 1.07. The Bertz CT molecular complexity index is 487. The first-order valence-corrected chi connectivity index (χ1v) is 6.27. The second-order valence-electron chi connectivity index (χ2n) is 4.72. The molecule has 21 heavy (non-hydrogen) atoms. The van der Waals surface area contributed by atoms with Crippen molar-refractivity contribution in [1.29, 1.82) is 0 Å². The van der Waals surface area contributed by atoms with Crippen LogP contribution >= 0.6 is 12.4 Å². The van der Waals surface area contributed by atoms with Crippen LogP contribution in [0.1, 0.15) is 12.8 Å². The summed E-state index contributed by atoms with van der Waals surface area (Å²) in [4.78, 5) is 11.9. The SMILES string of the molecule is Cl.NC(C(=O)Nc1cc(F)c(F)c(F)c1)C1CCOCC1. The Labute approximate surface area is 126 Å². The Morgan fingerprint density at radius 1 is 1.24 bits per heavy atom. The average Bonchev–Trinajstić information content (AvgIpc) is 2.44. The molecule has 0 saturated carbocycles. The smallest absolute Gasteiger partial charge is 0.241 e. The van der Waals surface area contributed by atoms with Gasteiger partial charge in [0.1, 0.15) is 0 Å². The highest BCUT2D eigenvalue weighted by atomic mass is 35.5. The van der Waals surface area contributed by atoms with Gasteiger partial charge in [0.15, 0.2) is 17.5 Å². The molecule has 0 radical (unpaired) electrons. The first-order chi connectivity index (χ1) is 9.49. The van der Waals surface area contributed by atoms with Crippen LogP contribution in [-0.4, -0.2) is 25.2 Å². The van der Waals surface area contributed by atoms with Crippen LogP contribution in [0.3, 0.4) is 0 Å². The molecule has 4 nitrogen and oxygen atoms in total. The lowest BCUT2D eigenvalue weighted by molar-refractivity contribution is -0.119. The van der Waals surface area contributed by atoms with E-state index in [0.29, 0.717) is 38.2 Å². The van der Waals surface area contributed by atoms with Crippen LogP contribution in [0.2, 0.25) is 0 Å². The van der Waals surface area contributed by atoms with Crippen molar-refractivity contribution in [1.82, 2.24) is 0 Å². The fourth-order valence-electron chi connectivity index (χ4n) is 2.14. The second-order valence-corrected chi connectivity index (χ2v) is 4.72. The largest absolute Gasteiger partial charge is 0.381 e. The summed E-state index contributed by atoms with van der Waals surface area (Å²) >= 11 is 0. The Morgan fingerprint density at radius 2 is 1.76 bits per heavy atom. The van der Waals surface area contributed by atoms with Gasteiger partial charge in [0.2, 0.25) is 5.91 Å². The third-order valence-electron chi connectivity index (χ3n) is 3.33. The number of halogens is 4. The lowest BCUT2D eigenvalue weighted by atomic mass is 9.92. The Hall–Kier alpha value is -1.31. The van der Waals surface area contributed by atoms with E-state index in [1.54, 1.807) is 0 Å². The number of amides is 1. The van der Waals surface area contributed by atoms with Crippen LogP contribution in [-0.2, 0) is 9.53 Å². The summed E-state index contributed by atoms with van der Waals surface area (Å²) in [7, 11) is 0. The van der Waals surface area contributed by atoms with E-state index in [4.69, 9.17) is 10.5 Å².